The predicted octanol–water partition coefficient (Wildman–Crippen LogP) is 1.91. The molecule has 0 aliphatic carbocycles. The smallest absolute Gasteiger partial charge is 0.328 e. The number of hydrogen-bond acceptors (Lipinski definition) is 5. The minimum Gasteiger partial charge on any atom is -0.467 e. The lowest BCUT2D eigenvalue weighted by Crippen LogP contribution is -2.33. The molecule has 2 aromatic rings. The number of nitriles is 1. The molecule has 6 heteroatoms. The Hall–Kier alpha value is -2.94. The summed E-state index contributed by atoms with van der Waals surface area (Å²) in [6, 6.07) is 9.38. The first-order valence-corrected chi connectivity index (χ1v) is 6.78. The molecule has 0 saturated carbocycles. The molecule has 0 aliphatic rings. The first-order valence-electron chi connectivity index (χ1n) is 6.78. The van der Waals surface area contributed by atoms with Gasteiger partial charge in [-0.05, 0) is 30.7 Å². The molecule has 0 bridgehead atoms. The number of esters is 1. The van der Waals surface area contributed by atoms with Crippen LogP contribution in [0.4, 0.5) is 0 Å². The monoisotopic (exact) mass is 297 g/mol. The summed E-state index contributed by atoms with van der Waals surface area (Å²) in [6.45, 7) is 1.77. The van der Waals surface area contributed by atoms with Gasteiger partial charge in [0.25, 0.3) is 5.56 Å². The second kappa shape index (κ2) is 6.68. The number of methoxy groups -OCH3 is 1. The molecule has 22 heavy (non-hydrogen) atoms. The second-order valence-electron chi connectivity index (χ2n) is 4.58. The number of pyridine rings is 2. The quantitative estimate of drug-likeness (QED) is 0.805. The van der Waals surface area contributed by atoms with E-state index in [1.165, 1.54) is 17.7 Å². The summed E-state index contributed by atoms with van der Waals surface area (Å²) in [7, 11) is 1.27. The van der Waals surface area contributed by atoms with Crippen LogP contribution >= 0.6 is 0 Å². The van der Waals surface area contributed by atoms with Crippen LogP contribution in [0.25, 0.3) is 11.4 Å². The van der Waals surface area contributed by atoms with Crippen molar-refractivity contribution in [1.29, 1.82) is 5.26 Å². The molecule has 112 valence electrons. The van der Waals surface area contributed by atoms with Crippen molar-refractivity contribution < 1.29 is 9.53 Å². The van der Waals surface area contributed by atoms with Crippen LogP contribution in [-0.2, 0) is 9.53 Å². The molecule has 2 heterocycles. The van der Waals surface area contributed by atoms with Crippen LogP contribution in [0.3, 0.4) is 0 Å². The Morgan fingerprint density at radius 2 is 2.18 bits per heavy atom. The van der Waals surface area contributed by atoms with Crippen molar-refractivity contribution >= 4 is 5.97 Å². The van der Waals surface area contributed by atoms with Crippen molar-refractivity contribution in [3.63, 3.8) is 0 Å². The van der Waals surface area contributed by atoms with Gasteiger partial charge in [0.15, 0.2) is 0 Å². The maximum absolute atomic E-state index is 12.5. The van der Waals surface area contributed by atoms with Crippen LogP contribution in [0.1, 0.15) is 24.9 Å². The predicted molar refractivity (Wildman–Crippen MR) is 80.0 cm³/mol. The van der Waals surface area contributed by atoms with Gasteiger partial charge < -0.3 is 4.74 Å². The van der Waals surface area contributed by atoms with Crippen molar-refractivity contribution in [2.75, 3.05) is 7.11 Å². The maximum Gasteiger partial charge on any atom is 0.328 e. The van der Waals surface area contributed by atoms with E-state index in [1.807, 2.05) is 6.07 Å². The zero-order valence-electron chi connectivity index (χ0n) is 12.3. The highest BCUT2D eigenvalue weighted by Crippen LogP contribution is 2.22. The lowest BCUT2D eigenvalue weighted by Gasteiger charge is -2.20. The van der Waals surface area contributed by atoms with Crippen molar-refractivity contribution in [2.24, 2.45) is 0 Å². The zero-order chi connectivity index (χ0) is 16.1. The number of hydrogen-bond donors (Lipinski definition) is 0. The van der Waals surface area contributed by atoms with Crippen LogP contribution in [0.2, 0.25) is 0 Å². The minimum absolute atomic E-state index is 0.0259. The largest absolute Gasteiger partial charge is 0.467 e. The number of nitrogens with zero attached hydrogens (tertiary/aromatic N) is 3. The average molecular weight is 297 g/mol. The van der Waals surface area contributed by atoms with Crippen LogP contribution in [0.15, 0.2) is 41.3 Å². The van der Waals surface area contributed by atoms with E-state index in [0.717, 1.165) is 0 Å². The van der Waals surface area contributed by atoms with Crippen LogP contribution in [0.5, 0.6) is 0 Å². The number of carbonyl (C=O) groups excluding carboxylic acids is 1. The van der Waals surface area contributed by atoms with Gasteiger partial charge in [0.2, 0.25) is 0 Å². The fourth-order valence-corrected chi connectivity index (χ4v) is 2.26. The molecule has 0 amide bonds. The first-order chi connectivity index (χ1) is 10.6. The molecular formula is C16H15N3O3. The van der Waals surface area contributed by atoms with E-state index in [0.29, 0.717) is 17.8 Å². The molecule has 0 saturated heterocycles. The molecule has 0 spiro atoms. The second-order valence-corrected chi connectivity index (χ2v) is 4.58. The summed E-state index contributed by atoms with van der Waals surface area (Å²) in [5.41, 5.74) is 0.471. The van der Waals surface area contributed by atoms with Gasteiger partial charge in [0.05, 0.1) is 18.5 Å². The third-order valence-corrected chi connectivity index (χ3v) is 3.34. The van der Waals surface area contributed by atoms with Crippen LogP contribution in [0, 0.1) is 11.3 Å². The van der Waals surface area contributed by atoms with Gasteiger partial charge in [-0.2, -0.15) is 5.26 Å². The summed E-state index contributed by atoms with van der Waals surface area (Å²) in [6.07, 6.45) is 1.96. The fraction of sp³-hybridized carbons (Fsp3) is 0.250. The SMILES string of the molecule is CCC(C(=O)OC)n1c(-c2ccccn2)ccc(C#N)c1=O. The standard InChI is InChI=1S/C16H15N3O3/c1-3-13(16(21)22-2)19-14(12-6-4-5-9-18-12)8-7-11(10-17)15(19)20/h4-9,13H,3H2,1-2H3. The molecule has 1 atom stereocenters. The van der Waals surface area contributed by atoms with Gasteiger partial charge in [-0.25, -0.2) is 4.79 Å². The summed E-state index contributed by atoms with van der Waals surface area (Å²) in [5.74, 6) is -0.531. The zero-order valence-corrected chi connectivity index (χ0v) is 12.3. The van der Waals surface area contributed by atoms with Gasteiger partial charge in [-0.15, -0.1) is 0 Å². The molecule has 0 radical (unpaired) electrons. The van der Waals surface area contributed by atoms with E-state index in [4.69, 9.17) is 10.00 Å². The third-order valence-electron chi connectivity index (χ3n) is 3.34. The molecule has 2 rings (SSSR count). The normalized spacial score (nSPS) is 11.5. The van der Waals surface area contributed by atoms with Crippen LogP contribution in [-0.4, -0.2) is 22.6 Å². The van der Waals surface area contributed by atoms with E-state index in [2.05, 4.69) is 4.98 Å². The topological polar surface area (TPSA) is 85.0 Å². The lowest BCUT2D eigenvalue weighted by molar-refractivity contribution is -0.144. The van der Waals surface area contributed by atoms with E-state index >= 15 is 0 Å². The molecule has 6 nitrogen and oxygen atoms in total. The molecule has 2 aromatic heterocycles. The first kappa shape index (κ1) is 15.4. The number of rotatable bonds is 4. The number of aromatic nitrogens is 2. The third kappa shape index (κ3) is 2.74. The van der Waals surface area contributed by atoms with E-state index in [1.54, 1.807) is 37.4 Å². The Morgan fingerprint density at radius 3 is 2.73 bits per heavy atom. The van der Waals surface area contributed by atoms with Gasteiger partial charge in [-0.1, -0.05) is 13.0 Å². The number of carbonyl (C=O) groups is 1. The Balaban J connectivity index is 2.76. The molecule has 0 N–H and O–H groups in total. The highest BCUT2D eigenvalue weighted by atomic mass is 16.5. The number of ether oxygens (including phenoxy) is 1. The van der Waals surface area contributed by atoms with Crippen molar-refractivity contribution in [3.05, 3.63) is 52.4 Å². The van der Waals surface area contributed by atoms with Crippen molar-refractivity contribution in [2.45, 2.75) is 19.4 Å². The Morgan fingerprint density at radius 1 is 1.41 bits per heavy atom. The molecular weight excluding hydrogens is 282 g/mol. The van der Waals surface area contributed by atoms with Crippen LogP contribution < -0.4 is 5.56 Å². The van der Waals surface area contributed by atoms with Crippen molar-refractivity contribution in [1.82, 2.24) is 9.55 Å². The minimum atomic E-state index is -0.803. The molecule has 0 aromatic carbocycles. The van der Waals surface area contributed by atoms with Gasteiger partial charge in [-0.3, -0.25) is 14.3 Å². The van der Waals surface area contributed by atoms with Gasteiger partial charge >= 0.3 is 5.97 Å². The highest BCUT2D eigenvalue weighted by Gasteiger charge is 2.24. The van der Waals surface area contributed by atoms with Crippen molar-refractivity contribution in [3.8, 4) is 17.5 Å². The molecule has 0 fully saturated rings. The van der Waals surface area contributed by atoms with E-state index in [9.17, 15) is 9.59 Å². The summed E-state index contributed by atoms with van der Waals surface area (Å²) in [5, 5.41) is 9.06. The molecule has 1 unspecified atom stereocenters. The summed E-state index contributed by atoms with van der Waals surface area (Å²) >= 11 is 0. The molecule has 0 aliphatic heterocycles. The Labute approximate surface area is 127 Å². The van der Waals surface area contributed by atoms with Gasteiger partial charge in [0, 0.05) is 6.20 Å². The van der Waals surface area contributed by atoms with E-state index in [-0.39, 0.29) is 5.56 Å². The maximum atomic E-state index is 12.5. The summed E-state index contributed by atoms with van der Waals surface area (Å²) in [4.78, 5) is 28.7. The fourth-order valence-electron chi connectivity index (χ4n) is 2.26. The van der Waals surface area contributed by atoms with Gasteiger partial charge in [0.1, 0.15) is 17.7 Å². The Bertz CT molecular complexity index is 775. The van der Waals surface area contributed by atoms with E-state index < -0.39 is 17.6 Å². The summed E-state index contributed by atoms with van der Waals surface area (Å²) < 4.78 is 6.06. The average Bonchev–Trinajstić information content (AvgIpc) is 2.57. The lowest BCUT2D eigenvalue weighted by atomic mass is 10.1. The Kier molecular flexibility index (Phi) is 4.69. The highest BCUT2D eigenvalue weighted by molar-refractivity contribution is 5.75.